The van der Waals surface area contributed by atoms with Gasteiger partial charge in [0.1, 0.15) is 5.15 Å². The van der Waals surface area contributed by atoms with E-state index in [0.29, 0.717) is 22.7 Å². The molecule has 0 atom stereocenters. The summed E-state index contributed by atoms with van der Waals surface area (Å²) in [5, 5.41) is 19.9. The fourth-order valence-electron chi connectivity index (χ4n) is 3.24. The Balaban J connectivity index is 1.46. The molecule has 30 heavy (non-hydrogen) atoms. The zero-order chi connectivity index (χ0) is 21.1. The van der Waals surface area contributed by atoms with E-state index in [1.165, 1.54) is 6.08 Å². The van der Waals surface area contributed by atoms with Crippen LogP contribution in [-0.2, 0) is 11.3 Å². The minimum atomic E-state index is -0.245. The minimum absolute atomic E-state index is 0.245. The van der Waals surface area contributed by atoms with Gasteiger partial charge in [-0.15, -0.1) is 5.10 Å². The molecule has 0 spiro atoms. The number of anilines is 1. The molecule has 3 aromatic rings. The average Bonchev–Trinajstić information content (AvgIpc) is 3.39. The summed E-state index contributed by atoms with van der Waals surface area (Å²) in [6, 6.07) is 7.89. The third-order valence-corrected chi connectivity index (χ3v) is 5.41. The molecule has 0 saturated heterocycles. The van der Waals surface area contributed by atoms with E-state index in [-0.39, 0.29) is 5.91 Å². The van der Waals surface area contributed by atoms with Crippen molar-refractivity contribution in [2.45, 2.75) is 52.1 Å². The van der Waals surface area contributed by atoms with Gasteiger partial charge in [0.05, 0.1) is 11.7 Å². The third-order valence-electron chi connectivity index (χ3n) is 5.01. The first-order valence-corrected chi connectivity index (χ1v) is 10.5. The molecule has 0 unspecified atom stereocenters. The van der Waals surface area contributed by atoms with Crippen LogP contribution in [0.15, 0.2) is 30.3 Å². The van der Waals surface area contributed by atoms with Crippen molar-refractivity contribution in [2.24, 2.45) is 0 Å². The average molecular weight is 426 g/mol. The lowest BCUT2D eigenvalue weighted by Gasteiger charge is -2.06. The molecule has 2 aromatic heterocycles. The Bertz CT molecular complexity index is 1080. The van der Waals surface area contributed by atoms with Gasteiger partial charge < -0.3 is 5.32 Å². The van der Waals surface area contributed by atoms with E-state index in [4.69, 9.17) is 11.6 Å². The fraction of sp³-hybridized carbons (Fsp3) is 0.381. The van der Waals surface area contributed by atoms with Gasteiger partial charge >= 0.3 is 0 Å². The number of carbonyl (C=O) groups is 1. The summed E-state index contributed by atoms with van der Waals surface area (Å²) in [5.74, 6) is 0.469. The Labute approximate surface area is 179 Å². The number of carbonyl (C=O) groups excluding carboxylic acids is 1. The monoisotopic (exact) mass is 425 g/mol. The van der Waals surface area contributed by atoms with Gasteiger partial charge in [-0.25, -0.2) is 4.68 Å². The first kappa shape index (κ1) is 20.3. The van der Waals surface area contributed by atoms with Gasteiger partial charge in [0.25, 0.3) is 0 Å². The van der Waals surface area contributed by atoms with E-state index in [1.807, 2.05) is 35.9 Å². The van der Waals surface area contributed by atoms with Crippen LogP contribution in [0.4, 0.5) is 5.69 Å². The Kier molecular flexibility index (Phi) is 5.94. The highest BCUT2D eigenvalue weighted by Gasteiger charge is 2.28. The molecule has 1 aliphatic carbocycles. The molecule has 9 heteroatoms. The number of nitrogens with zero attached hydrogens (tertiary/aromatic N) is 6. The SMILES string of the molecule is CCCCn1nc(C)c(/C=C/C(=O)Nc2cccc(-c3nnnn3C3CC3)c2)c1Cl. The second kappa shape index (κ2) is 8.79. The molecule has 1 aliphatic rings. The van der Waals surface area contributed by atoms with Crippen LogP contribution in [0.5, 0.6) is 0 Å². The summed E-state index contributed by atoms with van der Waals surface area (Å²) in [6.07, 6.45) is 7.44. The maximum absolute atomic E-state index is 12.5. The highest BCUT2D eigenvalue weighted by Crippen LogP contribution is 2.36. The summed E-state index contributed by atoms with van der Waals surface area (Å²) in [5.41, 5.74) is 3.10. The van der Waals surface area contributed by atoms with Crippen molar-refractivity contribution in [3.05, 3.63) is 46.8 Å². The minimum Gasteiger partial charge on any atom is -0.322 e. The van der Waals surface area contributed by atoms with E-state index in [0.717, 1.165) is 49.0 Å². The quantitative estimate of drug-likeness (QED) is 0.544. The van der Waals surface area contributed by atoms with Crippen LogP contribution >= 0.6 is 11.6 Å². The van der Waals surface area contributed by atoms with Crippen LogP contribution in [0, 0.1) is 6.92 Å². The van der Waals surface area contributed by atoms with Gasteiger partial charge in [0, 0.05) is 29.4 Å². The molecule has 0 aliphatic heterocycles. The number of aryl methyl sites for hydroxylation is 2. The molecule has 1 saturated carbocycles. The molecule has 1 N–H and O–H groups in total. The Morgan fingerprint density at radius 1 is 1.37 bits per heavy atom. The summed E-state index contributed by atoms with van der Waals surface area (Å²) in [4.78, 5) is 12.5. The summed E-state index contributed by atoms with van der Waals surface area (Å²) < 4.78 is 3.63. The maximum atomic E-state index is 12.5. The van der Waals surface area contributed by atoms with Gasteiger partial charge in [0.2, 0.25) is 5.91 Å². The van der Waals surface area contributed by atoms with Crippen LogP contribution in [0.2, 0.25) is 5.15 Å². The number of benzene rings is 1. The lowest BCUT2D eigenvalue weighted by atomic mass is 10.2. The van der Waals surface area contributed by atoms with E-state index in [2.05, 4.69) is 32.9 Å². The number of unbranched alkanes of at least 4 members (excludes halogenated alkanes) is 1. The van der Waals surface area contributed by atoms with Crippen molar-refractivity contribution in [2.75, 3.05) is 5.32 Å². The lowest BCUT2D eigenvalue weighted by Crippen LogP contribution is -2.08. The third kappa shape index (κ3) is 4.43. The van der Waals surface area contributed by atoms with Gasteiger partial charge in [-0.1, -0.05) is 37.1 Å². The topological polar surface area (TPSA) is 90.5 Å². The fourth-order valence-corrected chi connectivity index (χ4v) is 3.56. The normalized spacial score (nSPS) is 13.8. The molecular weight excluding hydrogens is 402 g/mol. The number of nitrogens with one attached hydrogen (secondary N) is 1. The molecular formula is C21H24ClN7O. The summed E-state index contributed by atoms with van der Waals surface area (Å²) in [6.45, 7) is 4.78. The smallest absolute Gasteiger partial charge is 0.248 e. The van der Waals surface area contributed by atoms with Gasteiger partial charge in [-0.05, 0) is 54.8 Å². The van der Waals surface area contributed by atoms with Gasteiger partial charge in [0.15, 0.2) is 5.82 Å². The lowest BCUT2D eigenvalue weighted by molar-refractivity contribution is -0.111. The molecule has 0 radical (unpaired) electrons. The largest absolute Gasteiger partial charge is 0.322 e. The van der Waals surface area contributed by atoms with E-state index in [1.54, 1.807) is 10.8 Å². The predicted octanol–water partition coefficient (Wildman–Crippen LogP) is 4.29. The van der Waals surface area contributed by atoms with Crippen molar-refractivity contribution >= 4 is 29.3 Å². The van der Waals surface area contributed by atoms with Gasteiger partial charge in [-0.2, -0.15) is 5.10 Å². The van der Waals surface area contributed by atoms with Crippen LogP contribution in [0.3, 0.4) is 0 Å². The van der Waals surface area contributed by atoms with Crippen LogP contribution in [0.1, 0.15) is 49.9 Å². The van der Waals surface area contributed by atoms with Crippen LogP contribution in [-0.4, -0.2) is 35.9 Å². The maximum Gasteiger partial charge on any atom is 0.248 e. The Morgan fingerprint density at radius 2 is 2.20 bits per heavy atom. The standard InChI is InChI=1S/C21H24ClN7O/c1-3-4-12-28-20(22)18(14(2)25-28)10-11-19(30)23-16-7-5-6-15(13-16)21-24-26-27-29(21)17-8-9-17/h5-7,10-11,13,17H,3-4,8-9,12H2,1-2H3,(H,23,30)/b11-10+. The van der Waals surface area contributed by atoms with E-state index >= 15 is 0 Å². The molecule has 2 heterocycles. The molecule has 1 amide bonds. The number of tetrazole rings is 1. The van der Waals surface area contributed by atoms with Crippen molar-refractivity contribution in [3.63, 3.8) is 0 Å². The number of aromatic nitrogens is 6. The first-order valence-electron chi connectivity index (χ1n) is 10.2. The Hall–Kier alpha value is -3.00. The van der Waals surface area contributed by atoms with Crippen LogP contribution < -0.4 is 5.32 Å². The highest BCUT2D eigenvalue weighted by atomic mass is 35.5. The van der Waals surface area contributed by atoms with E-state index in [9.17, 15) is 4.79 Å². The van der Waals surface area contributed by atoms with E-state index < -0.39 is 0 Å². The number of halogens is 1. The molecule has 8 nitrogen and oxygen atoms in total. The number of amides is 1. The number of hydrogen-bond acceptors (Lipinski definition) is 5. The van der Waals surface area contributed by atoms with Crippen molar-refractivity contribution in [1.29, 1.82) is 0 Å². The predicted molar refractivity (Wildman–Crippen MR) is 116 cm³/mol. The zero-order valence-corrected chi connectivity index (χ0v) is 17.8. The highest BCUT2D eigenvalue weighted by molar-refractivity contribution is 6.31. The molecule has 156 valence electrons. The second-order valence-corrected chi connectivity index (χ2v) is 7.81. The number of rotatable bonds is 8. The Morgan fingerprint density at radius 3 is 2.97 bits per heavy atom. The van der Waals surface area contributed by atoms with Crippen molar-refractivity contribution < 1.29 is 4.79 Å². The number of hydrogen-bond donors (Lipinski definition) is 1. The van der Waals surface area contributed by atoms with Crippen molar-refractivity contribution in [1.82, 2.24) is 30.0 Å². The summed E-state index contributed by atoms with van der Waals surface area (Å²) >= 11 is 6.43. The molecule has 1 aromatic carbocycles. The van der Waals surface area contributed by atoms with Crippen molar-refractivity contribution in [3.8, 4) is 11.4 Å². The first-order chi connectivity index (χ1) is 14.6. The molecule has 4 rings (SSSR count). The molecule has 0 bridgehead atoms. The van der Waals surface area contributed by atoms with Crippen LogP contribution in [0.25, 0.3) is 17.5 Å². The molecule has 1 fully saturated rings. The van der Waals surface area contributed by atoms with Gasteiger partial charge in [-0.3, -0.25) is 9.48 Å². The second-order valence-electron chi connectivity index (χ2n) is 7.45. The zero-order valence-electron chi connectivity index (χ0n) is 17.0. The summed E-state index contributed by atoms with van der Waals surface area (Å²) in [7, 11) is 0.